The van der Waals surface area contributed by atoms with Crippen molar-refractivity contribution in [3.8, 4) is 5.75 Å². The second-order valence-electron chi connectivity index (χ2n) is 7.94. The lowest BCUT2D eigenvalue weighted by Crippen LogP contribution is -2.38. The molecule has 0 atom stereocenters. The molecule has 0 N–H and O–H groups in total. The number of aromatic nitrogens is 1. The molecule has 0 bridgehead atoms. The Morgan fingerprint density at radius 1 is 1.10 bits per heavy atom. The standard InChI is InChI=1S/C24H32N2O5/c1-8-31-24(29)22-16(4)21(17(5)25(22)6)20(27)14-26(13-15(2)3)23(28)18-9-11-19(30-7)12-10-18/h9-12,15H,8,13-14H2,1-7H3. The summed E-state index contributed by atoms with van der Waals surface area (Å²) in [7, 11) is 3.30. The molecule has 0 saturated carbocycles. The number of benzene rings is 1. The number of hydrogen-bond acceptors (Lipinski definition) is 5. The molecule has 1 aromatic carbocycles. The number of ether oxygens (including phenoxy) is 2. The van der Waals surface area contributed by atoms with E-state index in [9.17, 15) is 14.4 Å². The number of carbonyl (C=O) groups excluding carboxylic acids is 3. The summed E-state index contributed by atoms with van der Waals surface area (Å²) in [6.45, 7) is 9.89. The van der Waals surface area contributed by atoms with Crippen molar-refractivity contribution >= 4 is 17.7 Å². The van der Waals surface area contributed by atoms with E-state index in [4.69, 9.17) is 9.47 Å². The van der Waals surface area contributed by atoms with Gasteiger partial charge in [0.05, 0.1) is 20.3 Å². The summed E-state index contributed by atoms with van der Waals surface area (Å²) in [5.41, 5.74) is 2.56. The van der Waals surface area contributed by atoms with Crippen molar-refractivity contribution in [1.29, 1.82) is 0 Å². The summed E-state index contributed by atoms with van der Waals surface area (Å²) in [4.78, 5) is 40.3. The first kappa shape index (κ1) is 24.2. The monoisotopic (exact) mass is 428 g/mol. The van der Waals surface area contributed by atoms with Crippen molar-refractivity contribution in [3.05, 3.63) is 52.3 Å². The van der Waals surface area contributed by atoms with E-state index < -0.39 is 5.97 Å². The minimum absolute atomic E-state index is 0.0724. The average Bonchev–Trinajstić information content (AvgIpc) is 2.95. The van der Waals surface area contributed by atoms with Crippen molar-refractivity contribution in [3.63, 3.8) is 0 Å². The third-order valence-corrected chi connectivity index (χ3v) is 5.22. The summed E-state index contributed by atoms with van der Waals surface area (Å²) in [6, 6.07) is 6.83. The number of hydrogen-bond donors (Lipinski definition) is 0. The Balaban J connectivity index is 2.35. The first-order chi connectivity index (χ1) is 14.6. The Morgan fingerprint density at radius 3 is 2.23 bits per heavy atom. The Kier molecular flexibility index (Phi) is 8.02. The highest BCUT2D eigenvalue weighted by atomic mass is 16.5. The maximum atomic E-state index is 13.3. The molecule has 1 aromatic heterocycles. The number of nitrogens with zero attached hydrogens (tertiary/aromatic N) is 2. The molecule has 2 rings (SSSR count). The fraction of sp³-hybridized carbons (Fsp3) is 0.458. The summed E-state index contributed by atoms with van der Waals surface area (Å²) >= 11 is 0. The fourth-order valence-corrected chi connectivity index (χ4v) is 3.71. The van der Waals surface area contributed by atoms with Gasteiger partial charge in [-0.15, -0.1) is 0 Å². The normalized spacial score (nSPS) is 10.8. The second kappa shape index (κ2) is 10.3. The molecule has 0 saturated heterocycles. The van der Waals surface area contributed by atoms with Crippen molar-refractivity contribution in [2.45, 2.75) is 34.6 Å². The van der Waals surface area contributed by atoms with Crippen LogP contribution in [0.3, 0.4) is 0 Å². The maximum absolute atomic E-state index is 13.3. The predicted molar refractivity (Wildman–Crippen MR) is 119 cm³/mol. The van der Waals surface area contributed by atoms with Gasteiger partial charge in [0.2, 0.25) is 0 Å². The van der Waals surface area contributed by atoms with Gasteiger partial charge in [-0.05, 0) is 56.5 Å². The van der Waals surface area contributed by atoms with E-state index in [0.29, 0.717) is 40.4 Å². The Labute approximate surface area is 183 Å². The quantitative estimate of drug-likeness (QED) is 0.448. The molecule has 168 valence electrons. The van der Waals surface area contributed by atoms with Crippen molar-refractivity contribution in [1.82, 2.24) is 9.47 Å². The van der Waals surface area contributed by atoms with Crippen LogP contribution in [0.5, 0.6) is 5.75 Å². The lowest BCUT2D eigenvalue weighted by atomic mass is 10.0. The molecule has 0 fully saturated rings. The molecule has 7 heteroatoms. The van der Waals surface area contributed by atoms with Gasteiger partial charge >= 0.3 is 5.97 Å². The van der Waals surface area contributed by atoms with Gasteiger partial charge in [-0.3, -0.25) is 9.59 Å². The summed E-state index contributed by atoms with van der Waals surface area (Å²) in [5.74, 6) is -0.0451. The second-order valence-corrected chi connectivity index (χ2v) is 7.94. The van der Waals surface area contributed by atoms with E-state index in [-0.39, 0.29) is 30.8 Å². The molecule has 2 aromatic rings. The van der Waals surface area contributed by atoms with Crippen molar-refractivity contribution in [2.75, 3.05) is 26.8 Å². The van der Waals surface area contributed by atoms with Crippen LogP contribution in [0.15, 0.2) is 24.3 Å². The Bertz CT molecular complexity index is 957. The van der Waals surface area contributed by atoms with Crippen LogP contribution < -0.4 is 4.74 Å². The molecule has 0 spiro atoms. The molecule has 7 nitrogen and oxygen atoms in total. The van der Waals surface area contributed by atoms with Gasteiger partial charge in [0, 0.05) is 30.4 Å². The van der Waals surface area contributed by atoms with E-state index >= 15 is 0 Å². The molecule has 1 heterocycles. The molecule has 31 heavy (non-hydrogen) atoms. The van der Waals surface area contributed by atoms with Crippen molar-refractivity contribution in [2.24, 2.45) is 13.0 Å². The number of amides is 1. The number of Topliss-reactive ketones (excluding diaryl/α,β-unsaturated/α-hetero) is 1. The van der Waals surface area contributed by atoms with E-state index in [0.717, 1.165) is 0 Å². The number of rotatable bonds is 9. The van der Waals surface area contributed by atoms with Gasteiger partial charge in [0.25, 0.3) is 5.91 Å². The highest BCUT2D eigenvalue weighted by Crippen LogP contribution is 2.23. The minimum Gasteiger partial charge on any atom is -0.497 e. The smallest absolute Gasteiger partial charge is 0.355 e. The Hall–Kier alpha value is -3.09. The first-order valence-corrected chi connectivity index (χ1v) is 10.4. The molecule has 0 aliphatic carbocycles. The van der Waals surface area contributed by atoms with Crippen LogP contribution in [0.25, 0.3) is 0 Å². The lowest BCUT2D eigenvalue weighted by Gasteiger charge is -2.24. The van der Waals surface area contributed by atoms with Crippen LogP contribution in [-0.2, 0) is 11.8 Å². The minimum atomic E-state index is -0.460. The van der Waals surface area contributed by atoms with E-state index in [1.807, 2.05) is 13.8 Å². The summed E-state index contributed by atoms with van der Waals surface area (Å²) in [5, 5.41) is 0. The molecular formula is C24H32N2O5. The average molecular weight is 429 g/mol. The third-order valence-electron chi connectivity index (χ3n) is 5.22. The predicted octanol–water partition coefficient (Wildman–Crippen LogP) is 3.81. The molecular weight excluding hydrogens is 396 g/mol. The van der Waals surface area contributed by atoms with Gasteiger partial charge in [-0.25, -0.2) is 4.79 Å². The summed E-state index contributed by atoms with van der Waals surface area (Å²) < 4.78 is 12.0. The van der Waals surface area contributed by atoms with Crippen LogP contribution >= 0.6 is 0 Å². The molecule has 1 amide bonds. The molecule has 0 unspecified atom stereocenters. The third kappa shape index (κ3) is 5.34. The zero-order valence-electron chi connectivity index (χ0n) is 19.4. The maximum Gasteiger partial charge on any atom is 0.355 e. The highest BCUT2D eigenvalue weighted by Gasteiger charge is 2.28. The van der Waals surface area contributed by atoms with Gasteiger partial charge in [-0.1, -0.05) is 13.8 Å². The zero-order valence-corrected chi connectivity index (χ0v) is 19.4. The zero-order chi connectivity index (χ0) is 23.3. The van der Waals surface area contributed by atoms with Crippen LogP contribution in [0.2, 0.25) is 0 Å². The lowest BCUT2D eigenvalue weighted by molar-refractivity contribution is 0.0514. The number of ketones is 1. The van der Waals surface area contributed by atoms with Crippen LogP contribution in [0.1, 0.15) is 63.2 Å². The molecule has 0 aliphatic heterocycles. The largest absolute Gasteiger partial charge is 0.497 e. The first-order valence-electron chi connectivity index (χ1n) is 10.4. The van der Waals surface area contributed by atoms with E-state index in [1.165, 1.54) is 0 Å². The fourth-order valence-electron chi connectivity index (χ4n) is 3.71. The van der Waals surface area contributed by atoms with Gasteiger partial charge < -0.3 is 18.9 Å². The number of esters is 1. The molecule has 0 radical (unpaired) electrons. The van der Waals surface area contributed by atoms with Crippen molar-refractivity contribution < 1.29 is 23.9 Å². The van der Waals surface area contributed by atoms with E-state index in [2.05, 4.69) is 0 Å². The van der Waals surface area contributed by atoms with E-state index in [1.54, 1.807) is 68.7 Å². The SMILES string of the molecule is CCOC(=O)c1c(C)c(C(=O)CN(CC(C)C)C(=O)c2ccc(OC)cc2)c(C)n1C. The Morgan fingerprint density at radius 2 is 1.71 bits per heavy atom. The number of methoxy groups -OCH3 is 1. The topological polar surface area (TPSA) is 77.8 Å². The van der Waals surface area contributed by atoms with Gasteiger partial charge in [-0.2, -0.15) is 0 Å². The highest BCUT2D eigenvalue weighted by molar-refractivity contribution is 6.06. The number of carbonyl (C=O) groups is 3. The van der Waals surface area contributed by atoms with Crippen LogP contribution in [0.4, 0.5) is 0 Å². The van der Waals surface area contributed by atoms with Crippen LogP contribution in [-0.4, -0.2) is 53.9 Å². The van der Waals surface area contributed by atoms with Gasteiger partial charge in [0.1, 0.15) is 11.4 Å². The van der Waals surface area contributed by atoms with Gasteiger partial charge in [0.15, 0.2) is 5.78 Å². The summed E-state index contributed by atoms with van der Waals surface area (Å²) in [6.07, 6.45) is 0. The van der Waals surface area contributed by atoms with Crippen LogP contribution in [0, 0.1) is 19.8 Å². The molecule has 0 aliphatic rings.